The summed E-state index contributed by atoms with van der Waals surface area (Å²) in [5.74, 6) is 0.287. The summed E-state index contributed by atoms with van der Waals surface area (Å²) in [7, 11) is 0. The van der Waals surface area contributed by atoms with Crippen LogP contribution in [0.1, 0.15) is 24.5 Å². The topological polar surface area (TPSA) is 56.2 Å². The molecule has 3 rings (SSSR count). The van der Waals surface area contributed by atoms with E-state index < -0.39 is 5.54 Å². The zero-order valence-electron chi connectivity index (χ0n) is 10.1. The van der Waals surface area contributed by atoms with Crippen molar-refractivity contribution in [1.82, 2.24) is 10.2 Å². The molecule has 1 unspecified atom stereocenters. The molecule has 0 saturated carbocycles. The number of rotatable bonds is 1. The lowest BCUT2D eigenvalue weighted by atomic mass is 9.90. The summed E-state index contributed by atoms with van der Waals surface area (Å²) in [6, 6.07) is 5.54. The molecule has 1 heterocycles. The molecule has 2 amide bonds. The molecule has 1 saturated heterocycles. The molecule has 1 fully saturated rings. The van der Waals surface area contributed by atoms with Crippen molar-refractivity contribution in [2.24, 2.45) is 0 Å². The number of carbonyl (C=O) groups excluding carboxylic acids is 1. The largest absolute Gasteiger partial charge is 0.323 e. The van der Waals surface area contributed by atoms with Crippen molar-refractivity contribution in [1.29, 1.82) is 5.41 Å². The lowest BCUT2D eigenvalue weighted by molar-refractivity contribution is 0.177. The van der Waals surface area contributed by atoms with Gasteiger partial charge in [-0.1, -0.05) is 17.7 Å². The van der Waals surface area contributed by atoms with E-state index in [0.29, 0.717) is 11.6 Å². The van der Waals surface area contributed by atoms with Crippen molar-refractivity contribution in [2.45, 2.75) is 25.3 Å². The highest BCUT2D eigenvalue weighted by Gasteiger charge is 2.53. The quantitative estimate of drug-likeness (QED) is 0.804. The number of aryl methyl sites for hydroxylation is 1. The summed E-state index contributed by atoms with van der Waals surface area (Å²) >= 11 is 6.00. The molecule has 2 N–H and O–H groups in total. The molecule has 0 radical (unpaired) electrons. The number of benzene rings is 1. The highest BCUT2D eigenvalue weighted by molar-refractivity contribution is 6.30. The third-order valence-corrected chi connectivity index (χ3v) is 4.17. The summed E-state index contributed by atoms with van der Waals surface area (Å²) in [5.41, 5.74) is 1.59. The number of nitrogens with one attached hydrogen (secondary N) is 2. The van der Waals surface area contributed by atoms with E-state index in [1.807, 2.05) is 25.1 Å². The Morgan fingerprint density at radius 2 is 2.33 bits per heavy atom. The molecule has 5 heteroatoms. The molecular weight excluding hydrogens is 250 g/mol. The Hall–Kier alpha value is -1.55. The first-order valence-corrected chi connectivity index (χ1v) is 6.44. The molecule has 1 spiro atoms. The van der Waals surface area contributed by atoms with Crippen LogP contribution in [-0.4, -0.2) is 23.3 Å². The number of halogens is 1. The molecule has 0 aromatic heterocycles. The minimum atomic E-state index is -0.592. The zero-order valence-corrected chi connectivity index (χ0v) is 10.8. The van der Waals surface area contributed by atoms with Crippen molar-refractivity contribution in [3.63, 3.8) is 0 Å². The SMILES string of the molecule is CCN1C(=O)NC(=N)C12CCc1cc(Cl)ccc12. The van der Waals surface area contributed by atoms with E-state index in [9.17, 15) is 4.79 Å². The molecular formula is C13H14ClN3O. The van der Waals surface area contributed by atoms with E-state index in [1.165, 1.54) is 0 Å². The van der Waals surface area contributed by atoms with Crippen molar-refractivity contribution in [2.75, 3.05) is 6.54 Å². The summed E-state index contributed by atoms with van der Waals surface area (Å²) < 4.78 is 0. The fourth-order valence-corrected chi connectivity index (χ4v) is 3.36. The lowest BCUT2D eigenvalue weighted by Gasteiger charge is -2.33. The van der Waals surface area contributed by atoms with Gasteiger partial charge in [0.15, 0.2) is 0 Å². The van der Waals surface area contributed by atoms with Gasteiger partial charge in [-0.3, -0.25) is 10.7 Å². The summed E-state index contributed by atoms with van der Waals surface area (Å²) in [5, 5.41) is 11.5. The number of nitrogens with zero attached hydrogens (tertiary/aromatic N) is 1. The normalized spacial score (nSPS) is 25.8. The van der Waals surface area contributed by atoms with Crippen LogP contribution in [0, 0.1) is 5.41 Å². The molecule has 1 atom stereocenters. The first-order valence-electron chi connectivity index (χ1n) is 6.06. The first-order chi connectivity index (χ1) is 8.59. The second-order valence-corrected chi connectivity index (χ2v) is 5.15. The van der Waals surface area contributed by atoms with Gasteiger partial charge in [0, 0.05) is 11.6 Å². The number of likely N-dealkylation sites (N-methyl/N-ethyl adjacent to an activating group) is 1. The van der Waals surface area contributed by atoms with Gasteiger partial charge in [0.05, 0.1) is 0 Å². The maximum absolute atomic E-state index is 11.9. The third-order valence-electron chi connectivity index (χ3n) is 3.94. The Morgan fingerprint density at radius 3 is 3.06 bits per heavy atom. The summed E-state index contributed by atoms with van der Waals surface area (Å²) in [4.78, 5) is 13.6. The molecule has 4 nitrogen and oxygen atoms in total. The predicted octanol–water partition coefficient (Wildman–Crippen LogP) is 2.50. The van der Waals surface area contributed by atoms with Crippen LogP contribution in [0.4, 0.5) is 4.79 Å². The van der Waals surface area contributed by atoms with Gasteiger partial charge in [-0.15, -0.1) is 0 Å². The molecule has 1 aliphatic carbocycles. The van der Waals surface area contributed by atoms with Gasteiger partial charge >= 0.3 is 6.03 Å². The molecule has 1 aliphatic heterocycles. The van der Waals surface area contributed by atoms with Gasteiger partial charge in [0.2, 0.25) is 0 Å². The third kappa shape index (κ3) is 1.27. The Morgan fingerprint density at radius 1 is 1.56 bits per heavy atom. The van der Waals surface area contributed by atoms with E-state index in [-0.39, 0.29) is 11.9 Å². The maximum atomic E-state index is 11.9. The molecule has 94 valence electrons. The monoisotopic (exact) mass is 263 g/mol. The number of hydrogen-bond donors (Lipinski definition) is 2. The fourth-order valence-electron chi connectivity index (χ4n) is 3.16. The second kappa shape index (κ2) is 3.72. The fraction of sp³-hybridized carbons (Fsp3) is 0.385. The van der Waals surface area contributed by atoms with Crippen LogP contribution in [0.3, 0.4) is 0 Å². The van der Waals surface area contributed by atoms with Crippen LogP contribution in [0.15, 0.2) is 18.2 Å². The van der Waals surface area contributed by atoms with E-state index in [4.69, 9.17) is 17.0 Å². The van der Waals surface area contributed by atoms with E-state index in [1.54, 1.807) is 4.90 Å². The Kier molecular flexibility index (Phi) is 2.38. The van der Waals surface area contributed by atoms with Crippen LogP contribution >= 0.6 is 11.6 Å². The van der Waals surface area contributed by atoms with Gasteiger partial charge in [0.25, 0.3) is 0 Å². The van der Waals surface area contributed by atoms with Crippen molar-refractivity contribution < 1.29 is 4.79 Å². The second-order valence-electron chi connectivity index (χ2n) is 4.71. The van der Waals surface area contributed by atoms with Gasteiger partial charge in [-0.05, 0) is 43.0 Å². The first kappa shape index (κ1) is 11.5. The molecule has 2 aliphatic rings. The number of fused-ring (bicyclic) bond motifs is 2. The molecule has 1 aromatic carbocycles. The minimum absolute atomic E-state index is 0.176. The summed E-state index contributed by atoms with van der Waals surface area (Å²) in [6.45, 7) is 2.53. The molecule has 1 aromatic rings. The van der Waals surface area contributed by atoms with Crippen LogP contribution in [0.2, 0.25) is 5.02 Å². The molecule has 0 bridgehead atoms. The predicted molar refractivity (Wildman–Crippen MR) is 70.1 cm³/mol. The van der Waals surface area contributed by atoms with Crippen LogP contribution < -0.4 is 5.32 Å². The minimum Gasteiger partial charge on any atom is -0.308 e. The average molecular weight is 264 g/mol. The Balaban J connectivity index is 2.19. The van der Waals surface area contributed by atoms with Crippen LogP contribution in [0.5, 0.6) is 0 Å². The van der Waals surface area contributed by atoms with Crippen LogP contribution in [-0.2, 0) is 12.0 Å². The number of urea groups is 1. The summed E-state index contributed by atoms with van der Waals surface area (Å²) in [6.07, 6.45) is 1.61. The van der Waals surface area contributed by atoms with Gasteiger partial charge in [0.1, 0.15) is 11.4 Å². The van der Waals surface area contributed by atoms with Crippen molar-refractivity contribution in [3.05, 3.63) is 34.3 Å². The molecule has 18 heavy (non-hydrogen) atoms. The van der Waals surface area contributed by atoms with Crippen molar-refractivity contribution >= 4 is 23.5 Å². The van der Waals surface area contributed by atoms with E-state index in [2.05, 4.69) is 5.32 Å². The van der Waals surface area contributed by atoms with Crippen LogP contribution in [0.25, 0.3) is 0 Å². The maximum Gasteiger partial charge on any atom is 0.323 e. The Bertz CT molecular complexity index is 557. The highest BCUT2D eigenvalue weighted by atomic mass is 35.5. The number of hydrogen-bond acceptors (Lipinski definition) is 2. The highest BCUT2D eigenvalue weighted by Crippen LogP contribution is 2.45. The van der Waals surface area contributed by atoms with Gasteiger partial charge < -0.3 is 4.90 Å². The number of amidine groups is 1. The van der Waals surface area contributed by atoms with E-state index in [0.717, 1.165) is 24.0 Å². The number of carbonyl (C=O) groups is 1. The Labute approximate surface area is 110 Å². The standard InChI is InChI=1S/C13H14ClN3O/c1-2-17-12(18)16-11(15)13(17)6-5-8-7-9(14)3-4-10(8)13/h3-4,7H,2,5-6H2,1H3,(H2,15,16,18). The van der Waals surface area contributed by atoms with Crippen molar-refractivity contribution in [3.8, 4) is 0 Å². The van der Waals surface area contributed by atoms with Gasteiger partial charge in [-0.25, -0.2) is 4.79 Å². The average Bonchev–Trinajstić information content (AvgIpc) is 2.80. The number of amides is 2. The lowest BCUT2D eigenvalue weighted by Crippen LogP contribution is -2.44. The van der Waals surface area contributed by atoms with Gasteiger partial charge in [-0.2, -0.15) is 0 Å². The van der Waals surface area contributed by atoms with E-state index >= 15 is 0 Å². The zero-order chi connectivity index (χ0) is 12.9. The smallest absolute Gasteiger partial charge is 0.308 e.